The molecule has 1 nitrogen and oxygen atoms in total. The molecule has 0 aromatic heterocycles. The van der Waals surface area contributed by atoms with Gasteiger partial charge in [0.2, 0.25) is 0 Å². The van der Waals surface area contributed by atoms with E-state index in [2.05, 4.69) is 36.2 Å². The van der Waals surface area contributed by atoms with Gasteiger partial charge >= 0.3 is 0 Å². The average Bonchev–Trinajstić information content (AvgIpc) is 2.71. The molecule has 0 saturated carbocycles. The van der Waals surface area contributed by atoms with Crippen LogP contribution in [0.4, 0.5) is 0 Å². The van der Waals surface area contributed by atoms with Gasteiger partial charge in [0.05, 0.1) is 0 Å². The summed E-state index contributed by atoms with van der Waals surface area (Å²) in [6.45, 7) is 4.93. The van der Waals surface area contributed by atoms with Crippen molar-refractivity contribution in [3.63, 3.8) is 0 Å². The van der Waals surface area contributed by atoms with E-state index in [9.17, 15) is 0 Å². The van der Waals surface area contributed by atoms with E-state index in [1.54, 1.807) is 0 Å². The predicted molar refractivity (Wildman–Crippen MR) is 56.5 cm³/mol. The molecule has 2 rings (SSSR count). The quantitative estimate of drug-likeness (QED) is 0.725. The molecule has 1 saturated heterocycles. The predicted octanol–water partition coefficient (Wildman–Crippen LogP) is 2.75. The summed E-state index contributed by atoms with van der Waals surface area (Å²) in [5, 5.41) is 3.49. The van der Waals surface area contributed by atoms with Gasteiger partial charge in [-0.05, 0) is 30.5 Å². The van der Waals surface area contributed by atoms with Gasteiger partial charge in [-0.2, -0.15) is 0 Å². The van der Waals surface area contributed by atoms with Crippen LogP contribution in [0.1, 0.15) is 30.0 Å². The first-order chi connectivity index (χ1) is 6.40. The summed E-state index contributed by atoms with van der Waals surface area (Å²) in [6, 6.07) is 9.17. The lowest BCUT2D eigenvalue weighted by atomic mass is 10.0. The summed E-state index contributed by atoms with van der Waals surface area (Å²) < 4.78 is 0. The second-order valence-electron chi connectivity index (χ2n) is 3.52. The fourth-order valence-corrected chi connectivity index (χ4v) is 1.87. The highest BCUT2D eigenvalue weighted by Crippen LogP contribution is 2.23. The van der Waals surface area contributed by atoms with Crippen molar-refractivity contribution in [2.24, 2.45) is 0 Å². The summed E-state index contributed by atoms with van der Waals surface area (Å²) in [5.41, 5.74) is 2.61. The zero-order valence-corrected chi connectivity index (χ0v) is 7.79. The normalized spacial score (nSPS) is 21.7. The molecule has 0 radical (unpaired) electrons. The van der Waals surface area contributed by atoms with Crippen molar-refractivity contribution < 1.29 is 0 Å². The van der Waals surface area contributed by atoms with Crippen LogP contribution >= 0.6 is 0 Å². The van der Waals surface area contributed by atoms with Crippen LogP contribution in [0.3, 0.4) is 0 Å². The minimum absolute atomic E-state index is 0.569. The molecule has 1 aromatic carbocycles. The van der Waals surface area contributed by atoms with Gasteiger partial charge in [0, 0.05) is 6.04 Å². The van der Waals surface area contributed by atoms with E-state index in [0.29, 0.717) is 6.04 Å². The van der Waals surface area contributed by atoms with Crippen LogP contribution in [0, 0.1) is 0 Å². The molecule has 0 bridgehead atoms. The topological polar surface area (TPSA) is 12.0 Å². The van der Waals surface area contributed by atoms with Gasteiger partial charge in [-0.15, -0.1) is 0 Å². The third-order valence-corrected chi connectivity index (χ3v) is 2.61. The molecular weight excluding hydrogens is 158 g/mol. The minimum atomic E-state index is 0.569. The largest absolute Gasteiger partial charge is 0.310 e. The van der Waals surface area contributed by atoms with Crippen LogP contribution < -0.4 is 5.32 Å². The van der Waals surface area contributed by atoms with Crippen LogP contribution in [0.15, 0.2) is 30.8 Å². The summed E-state index contributed by atoms with van der Waals surface area (Å²) in [6.07, 6.45) is 4.46. The lowest BCUT2D eigenvalue weighted by molar-refractivity contribution is 0.647. The molecule has 68 valence electrons. The molecule has 1 aliphatic rings. The number of hydrogen-bond acceptors (Lipinski definition) is 1. The van der Waals surface area contributed by atoms with E-state index in [1.165, 1.54) is 24.0 Å². The maximum atomic E-state index is 3.78. The summed E-state index contributed by atoms with van der Waals surface area (Å²) in [7, 11) is 0. The highest BCUT2D eigenvalue weighted by Gasteiger charge is 2.15. The highest BCUT2D eigenvalue weighted by molar-refractivity contribution is 5.48. The average molecular weight is 173 g/mol. The second-order valence-corrected chi connectivity index (χ2v) is 3.52. The van der Waals surface area contributed by atoms with Crippen LogP contribution in [0.5, 0.6) is 0 Å². The molecule has 1 fully saturated rings. The maximum absolute atomic E-state index is 3.78. The van der Waals surface area contributed by atoms with E-state index < -0.39 is 0 Å². The van der Waals surface area contributed by atoms with E-state index in [0.717, 1.165) is 6.54 Å². The van der Waals surface area contributed by atoms with Crippen LogP contribution in [0.25, 0.3) is 6.08 Å². The van der Waals surface area contributed by atoms with Crippen molar-refractivity contribution in [1.29, 1.82) is 0 Å². The Labute approximate surface area is 79.5 Å². The fourth-order valence-electron chi connectivity index (χ4n) is 1.87. The molecule has 0 unspecified atom stereocenters. The summed E-state index contributed by atoms with van der Waals surface area (Å²) >= 11 is 0. The SMILES string of the molecule is C=Cc1cccc([C@H]2CCCN2)c1. The highest BCUT2D eigenvalue weighted by atomic mass is 14.9. The molecule has 1 heteroatoms. The van der Waals surface area contributed by atoms with Crippen molar-refractivity contribution in [1.82, 2.24) is 5.32 Å². The lowest BCUT2D eigenvalue weighted by Crippen LogP contribution is -2.12. The second kappa shape index (κ2) is 3.75. The molecule has 1 heterocycles. The van der Waals surface area contributed by atoms with E-state index >= 15 is 0 Å². The first-order valence-corrected chi connectivity index (χ1v) is 4.86. The Morgan fingerprint density at radius 1 is 1.46 bits per heavy atom. The third-order valence-electron chi connectivity index (χ3n) is 2.61. The Hall–Kier alpha value is -1.08. The lowest BCUT2D eigenvalue weighted by Gasteiger charge is -2.10. The maximum Gasteiger partial charge on any atom is 0.0320 e. The Morgan fingerprint density at radius 3 is 3.08 bits per heavy atom. The van der Waals surface area contributed by atoms with Gasteiger partial charge in [-0.25, -0.2) is 0 Å². The Bertz CT molecular complexity index is 298. The fraction of sp³-hybridized carbons (Fsp3) is 0.333. The van der Waals surface area contributed by atoms with Crippen LogP contribution in [0.2, 0.25) is 0 Å². The van der Waals surface area contributed by atoms with Crippen LogP contribution in [-0.4, -0.2) is 6.54 Å². The van der Waals surface area contributed by atoms with E-state index in [4.69, 9.17) is 0 Å². The number of rotatable bonds is 2. The molecule has 0 aliphatic carbocycles. The molecule has 1 aliphatic heterocycles. The first-order valence-electron chi connectivity index (χ1n) is 4.86. The van der Waals surface area contributed by atoms with Gasteiger partial charge in [-0.3, -0.25) is 0 Å². The minimum Gasteiger partial charge on any atom is -0.310 e. The Morgan fingerprint density at radius 2 is 2.38 bits per heavy atom. The molecule has 13 heavy (non-hydrogen) atoms. The van der Waals surface area contributed by atoms with Crippen molar-refractivity contribution in [3.8, 4) is 0 Å². The van der Waals surface area contributed by atoms with Crippen molar-refractivity contribution in [2.75, 3.05) is 6.54 Å². The van der Waals surface area contributed by atoms with Gasteiger partial charge < -0.3 is 5.32 Å². The van der Waals surface area contributed by atoms with E-state index in [1.807, 2.05) is 6.08 Å². The standard InChI is InChI=1S/C12H15N/c1-2-10-5-3-6-11(9-10)12-7-4-8-13-12/h2-3,5-6,9,12-13H,1,4,7-8H2/t12-/m1/s1. The van der Waals surface area contributed by atoms with Crippen molar-refractivity contribution in [2.45, 2.75) is 18.9 Å². The van der Waals surface area contributed by atoms with Gasteiger partial charge in [0.25, 0.3) is 0 Å². The molecule has 1 N–H and O–H groups in total. The molecule has 0 spiro atoms. The third kappa shape index (κ3) is 1.81. The van der Waals surface area contributed by atoms with E-state index in [-0.39, 0.29) is 0 Å². The smallest absolute Gasteiger partial charge is 0.0320 e. The first kappa shape index (κ1) is 8.52. The van der Waals surface area contributed by atoms with Crippen molar-refractivity contribution >= 4 is 6.08 Å². The number of nitrogens with one attached hydrogen (secondary N) is 1. The monoisotopic (exact) mass is 173 g/mol. The number of hydrogen-bond donors (Lipinski definition) is 1. The van der Waals surface area contributed by atoms with Gasteiger partial charge in [0.15, 0.2) is 0 Å². The zero-order valence-electron chi connectivity index (χ0n) is 7.79. The summed E-state index contributed by atoms with van der Waals surface area (Å²) in [5.74, 6) is 0. The molecule has 1 aromatic rings. The van der Waals surface area contributed by atoms with Crippen molar-refractivity contribution in [3.05, 3.63) is 42.0 Å². The van der Waals surface area contributed by atoms with Gasteiger partial charge in [-0.1, -0.05) is 36.9 Å². The Kier molecular flexibility index (Phi) is 2.46. The van der Waals surface area contributed by atoms with Gasteiger partial charge in [0.1, 0.15) is 0 Å². The molecule has 1 atom stereocenters. The molecular formula is C12H15N. The van der Waals surface area contributed by atoms with Crippen LogP contribution in [-0.2, 0) is 0 Å². The zero-order chi connectivity index (χ0) is 9.10. The Balaban J connectivity index is 2.23. The summed E-state index contributed by atoms with van der Waals surface area (Å²) in [4.78, 5) is 0. The number of benzene rings is 1. The molecule has 0 amide bonds.